The molecular formula is C24H27NO3. The Morgan fingerprint density at radius 1 is 1.11 bits per heavy atom. The van der Waals surface area contributed by atoms with Crippen molar-refractivity contribution in [2.45, 2.75) is 31.7 Å². The normalized spacial score (nSPS) is 20.7. The average molecular weight is 377 g/mol. The summed E-state index contributed by atoms with van der Waals surface area (Å²) in [6, 6.07) is 14.3. The first-order chi connectivity index (χ1) is 13.7. The molecule has 0 spiro atoms. The van der Waals surface area contributed by atoms with Crippen LogP contribution < -0.4 is 9.47 Å². The number of benzene rings is 2. The Hall–Kier alpha value is -2.75. The number of ether oxygens (including phenoxy) is 2. The molecule has 146 valence electrons. The van der Waals surface area contributed by atoms with E-state index in [0.29, 0.717) is 18.1 Å². The van der Waals surface area contributed by atoms with Crippen molar-refractivity contribution in [2.75, 3.05) is 20.8 Å². The van der Waals surface area contributed by atoms with Crippen molar-refractivity contribution in [3.05, 3.63) is 71.3 Å². The van der Waals surface area contributed by atoms with E-state index >= 15 is 0 Å². The Kier molecular flexibility index (Phi) is 5.38. The molecule has 0 saturated carbocycles. The highest BCUT2D eigenvalue weighted by Gasteiger charge is 2.33. The second-order valence-corrected chi connectivity index (χ2v) is 7.53. The van der Waals surface area contributed by atoms with Gasteiger partial charge in [-0.2, -0.15) is 0 Å². The minimum absolute atomic E-state index is 0.0948. The monoisotopic (exact) mass is 377 g/mol. The third kappa shape index (κ3) is 3.51. The summed E-state index contributed by atoms with van der Waals surface area (Å²) in [6.07, 6.45) is 7.96. The first-order valence-corrected chi connectivity index (χ1v) is 9.97. The number of carbonyl (C=O) groups is 1. The van der Waals surface area contributed by atoms with Gasteiger partial charge in [0.15, 0.2) is 11.5 Å². The Morgan fingerprint density at radius 3 is 2.54 bits per heavy atom. The van der Waals surface area contributed by atoms with Crippen LogP contribution in [0.4, 0.5) is 0 Å². The van der Waals surface area contributed by atoms with Crippen molar-refractivity contribution < 1.29 is 14.3 Å². The number of hydrogen-bond acceptors (Lipinski definition) is 3. The highest BCUT2D eigenvalue weighted by molar-refractivity contribution is 5.78. The van der Waals surface area contributed by atoms with Crippen LogP contribution in [0.5, 0.6) is 11.5 Å². The summed E-state index contributed by atoms with van der Waals surface area (Å²) < 4.78 is 11.0. The van der Waals surface area contributed by atoms with Gasteiger partial charge in [0.05, 0.1) is 20.3 Å². The number of amides is 1. The van der Waals surface area contributed by atoms with Crippen LogP contribution in [-0.2, 0) is 11.2 Å². The van der Waals surface area contributed by atoms with E-state index in [0.717, 1.165) is 42.7 Å². The lowest BCUT2D eigenvalue weighted by Gasteiger charge is -2.38. The smallest absolute Gasteiger partial charge is 0.223 e. The molecule has 2 aliphatic rings. The van der Waals surface area contributed by atoms with E-state index in [2.05, 4.69) is 35.3 Å². The standard InChI is InChI=1S/C24H27NO3/c1-27-21-15-19-12-13-25(23(26)14-17-8-6-7-9-17)24(18-10-4-3-5-11-18)20(19)16-22(21)28-2/h3-6,8,10-11,15-17,24H,7,9,12-14H2,1-2H3. The van der Waals surface area contributed by atoms with Gasteiger partial charge in [0.25, 0.3) is 0 Å². The van der Waals surface area contributed by atoms with Crippen LogP contribution in [0.2, 0.25) is 0 Å². The second-order valence-electron chi connectivity index (χ2n) is 7.53. The molecule has 4 heteroatoms. The first kappa shape index (κ1) is 18.6. The van der Waals surface area contributed by atoms with Crippen LogP contribution >= 0.6 is 0 Å². The summed E-state index contributed by atoms with van der Waals surface area (Å²) in [5.41, 5.74) is 3.48. The van der Waals surface area contributed by atoms with E-state index in [1.54, 1.807) is 14.2 Å². The Morgan fingerprint density at radius 2 is 1.86 bits per heavy atom. The highest BCUT2D eigenvalue weighted by Crippen LogP contribution is 2.41. The van der Waals surface area contributed by atoms with Crippen molar-refractivity contribution >= 4 is 5.91 Å². The summed E-state index contributed by atoms with van der Waals surface area (Å²) >= 11 is 0. The van der Waals surface area contributed by atoms with Crippen molar-refractivity contribution in [2.24, 2.45) is 5.92 Å². The zero-order valence-corrected chi connectivity index (χ0v) is 16.6. The minimum atomic E-state index is -0.0948. The molecule has 1 amide bonds. The summed E-state index contributed by atoms with van der Waals surface area (Å²) in [6.45, 7) is 0.720. The van der Waals surface area contributed by atoms with Gasteiger partial charge in [-0.3, -0.25) is 4.79 Å². The van der Waals surface area contributed by atoms with Crippen molar-refractivity contribution in [1.29, 1.82) is 0 Å². The summed E-state index contributed by atoms with van der Waals surface area (Å²) in [4.78, 5) is 15.3. The minimum Gasteiger partial charge on any atom is -0.493 e. The molecule has 0 saturated heterocycles. The Labute approximate surface area is 166 Å². The fraction of sp³-hybridized carbons (Fsp3) is 0.375. The number of carbonyl (C=O) groups excluding carboxylic acids is 1. The maximum atomic E-state index is 13.3. The molecule has 2 unspecified atom stereocenters. The molecule has 2 aromatic rings. The maximum absolute atomic E-state index is 13.3. The average Bonchev–Trinajstić information content (AvgIpc) is 3.25. The summed E-state index contributed by atoms with van der Waals surface area (Å²) in [7, 11) is 3.31. The zero-order chi connectivity index (χ0) is 19.5. The predicted molar refractivity (Wildman–Crippen MR) is 110 cm³/mol. The van der Waals surface area contributed by atoms with E-state index in [9.17, 15) is 4.79 Å². The number of rotatable bonds is 5. The van der Waals surface area contributed by atoms with Gasteiger partial charge in [-0.1, -0.05) is 42.5 Å². The molecule has 0 aromatic heterocycles. The third-order valence-electron chi connectivity index (χ3n) is 5.86. The van der Waals surface area contributed by atoms with Gasteiger partial charge in [-0.15, -0.1) is 0 Å². The molecule has 0 N–H and O–H groups in total. The molecule has 0 radical (unpaired) electrons. The molecule has 2 atom stereocenters. The Balaban J connectivity index is 1.74. The molecule has 2 aromatic carbocycles. The van der Waals surface area contributed by atoms with E-state index in [-0.39, 0.29) is 11.9 Å². The number of hydrogen-bond donors (Lipinski definition) is 0. The van der Waals surface area contributed by atoms with Crippen LogP contribution in [0.3, 0.4) is 0 Å². The summed E-state index contributed by atoms with van der Waals surface area (Å²) in [5, 5.41) is 0. The number of fused-ring (bicyclic) bond motifs is 1. The number of methoxy groups -OCH3 is 2. The van der Waals surface area contributed by atoms with Gasteiger partial charge in [0.2, 0.25) is 5.91 Å². The largest absolute Gasteiger partial charge is 0.493 e. The number of allylic oxidation sites excluding steroid dienone is 2. The lowest BCUT2D eigenvalue weighted by molar-refractivity contribution is -0.134. The van der Waals surface area contributed by atoms with E-state index in [1.807, 2.05) is 24.3 Å². The second kappa shape index (κ2) is 8.09. The van der Waals surface area contributed by atoms with Crippen molar-refractivity contribution in [1.82, 2.24) is 4.90 Å². The molecule has 1 aliphatic heterocycles. The van der Waals surface area contributed by atoms with Gasteiger partial charge >= 0.3 is 0 Å². The molecule has 1 heterocycles. The fourth-order valence-electron chi connectivity index (χ4n) is 4.42. The van der Waals surface area contributed by atoms with Crippen LogP contribution in [0.1, 0.15) is 42.0 Å². The van der Waals surface area contributed by atoms with E-state index in [1.165, 1.54) is 5.56 Å². The van der Waals surface area contributed by atoms with Crippen LogP contribution in [0.25, 0.3) is 0 Å². The molecule has 1 aliphatic carbocycles. The molecule has 28 heavy (non-hydrogen) atoms. The zero-order valence-electron chi connectivity index (χ0n) is 16.6. The predicted octanol–water partition coefficient (Wildman–Crippen LogP) is 4.53. The SMILES string of the molecule is COc1cc2c(cc1OC)C(c1ccccc1)N(C(=O)CC1C=CCC1)CC2. The lowest BCUT2D eigenvalue weighted by atomic mass is 9.87. The molecular weight excluding hydrogens is 350 g/mol. The van der Waals surface area contributed by atoms with Gasteiger partial charge < -0.3 is 14.4 Å². The van der Waals surface area contributed by atoms with Gasteiger partial charge in [-0.05, 0) is 54.0 Å². The molecule has 0 fully saturated rings. The molecule has 0 bridgehead atoms. The molecule has 4 rings (SSSR count). The first-order valence-electron chi connectivity index (χ1n) is 9.97. The van der Waals surface area contributed by atoms with Gasteiger partial charge in [0.1, 0.15) is 0 Å². The quantitative estimate of drug-likeness (QED) is 0.719. The van der Waals surface area contributed by atoms with Crippen molar-refractivity contribution in [3.8, 4) is 11.5 Å². The summed E-state index contributed by atoms with van der Waals surface area (Å²) in [5.74, 6) is 2.04. The van der Waals surface area contributed by atoms with Gasteiger partial charge in [0, 0.05) is 13.0 Å². The van der Waals surface area contributed by atoms with Crippen LogP contribution in [0, 0.1) is 5.92 Å². The van der Waals surface area contributed by atoms with Crippen molar-refractivity contribution in [3.63, 3.8) is 0 Å². The van der Waals surface area contributed by atoms with Crippen LogP contribution in [0.15, 0.2) is 54.6 Å². The van der Waals surface area contributed by atoms with Crippen LogP contribution in [-0.4, -0.2) is 31.6 Å². The third-order valence-corrected chi connectivity index (χ3v) is 5.86. The topological polar surface area (TPSA) is 38.8 Å². The molecule has 4 nitrogen and oxygen atoms in total. The maximum Gasteiger partial charge on any atom is 0.223 e. The number of nitrogens with zero attached hydrogens (tertiary/aromatic N) is 1. The Bertz CT molecular complexity index is 875. The van der Waals surface area contributed by atoms with E-state index < -0.39 is 0 Å². The lowest BCUT2D eigenvalue weighted by Crippen LogP contribution is -2.41. The fourth-order valence-corrected chi connectivity index (χ4v) is 4.42. The van der Waals surface area contributed by atoms with Gasteiger partial charge in [-0.25, -0.2) is 0 Å². The van der Waals surface area contributed by atoms with E-state index in [4.69, 9.17) is 9.47 Å². The highest BCUT2D eigenvalue weighted by atomic mass is 16.5.